The van der Waals surface area contributed by atoms with Crippen LogP contribution in [-0.4, -0.2) is 27.2 Å². The fourth-order valence-corrected chi connectivity index (χ4v) is 12.3. The summed E-state index contributed by atoms with van der Waals surface area (Å²) in [6.07, 6.45) is 10.6. The standard InChI is InChI=1S/C47H36FN5Si/c1-54(2)43-20-9-8-19-40(43)52(32-13-4-3-5-14-32)42-28-37-36-17-11-23-49-47(36)53(41(37)29-44(42)54)33-15-10-12-30(26-33)45(48)31-21-22-34-35-16-6-7-18-39(35)51-25-24-50-46(51)38(34)27-31/h3-29,34,38,45H,1-2H3. The Balaban J connectivity index is 1.05. The highest BCUT2D eigenvalue weighted by atomic mass is 28.3. The van der Waals surface area contributed by atoms with Gasteiger partial charge in [0.2, 0.25) is 0 Å². The number of para-hydroxylation sites is 3. The van der Waals surface area contributed by atoms with Gasteiger partial charge in [-0.1, -0.05) is 98.1 Å². The van der Waals surface area contributed by atoms with Crippen LogP contribution in [0.4, 0.5) is 21.5 Å². The number of alkyl halides is 1. The molecule has 5 nitrogen and oxygen atoms in total. The molecule has 0 fully saturated rings. The van der Waals surface area contributed by atoms with Gasteiger partial charge in [0.1, 0.15) is 19.5 Å². The molecule has 0 saturated carbocycles. The summed E-state index contributed by atoms with van der Waals surface area (Å²) in [6.45, 7) is 4.90. The first-order valence-electron chi connectivity index (χ1n) is 18.6. The lowest BCUT2D eigenvalue weighted by Gasteiger charge is -2.41. The van der Waals surface area contributed by atoms with E-state index in [0.29, 0.717) is 11.1 Å². The van der Waals surface area contributed by atoms with Gasteiger partial charge in [0.25, 0.3) is 0 Å². The van der Waals surface area contributed by atoms with Gasteiger partial charge < -0.3 is 9.47 Å². The number of fused-ring (bicyclic) bond motifs is 11. The molecule has 1 aliphatic carbocycles. The highest BCUT2D eigenvalue weighted by Gasteiger charge is 2.40. The molecule has 8 aromatic rings. The van der Waals surface area contributed by atoms with E-state index in [1.807, 2.05) is 48.9 Å². The van der Waals surface area contributed by atoms with Crippen LogP contribution in [0.15, 0.2) is 170 Å². The van der Waals surface area contributed by atoms with Crippen LogP contribution in [0.3, 0.4) is 0 Å². The first kappa shape index (κ1) is 31.2. The van der Waals surface area contributed by atoms with Gasteiger partial charge in [-0.3, -0.25) is 4.57 Å². The average Bonchev–Trinajstić information content (AvgIpc) is 3.84. The fourth-order valence-electron chi connectivity index (χ4n) is 9.32. The number of hydrogen-bond donors (Lipinski definition) is 0. The zero-order valence-corrected chi connectivity index (χ0v) is 30.9. The average molecular weight is 718 g/mol. The van der Waals surface area contributed by atoms with Crippen LogP contribution in [0, 0.1) is 0 Å². The van der Waals surface area contributed by atoms with Gasteiger partial charge in [-0.15, -0.1) is 0 Å². The molecule has 0 saturated heterocycles. The molecule has 0 amide bonds. The number of nitrogens with zero attached hydrogens (tertiary/aromatic N) is 5. The Bertz CT molecular complexity index is 2870. The SMILES string of the molecule is C[Si]1(C)c2ccccc2N(c2ccccc2)c2cc3c4cccnc4n(-c4cccc(C(F)C5=CC6c7nccn7-c7ccccc7C6C=C5)c4)c3cc21. The number of halogens is 1. The molecule has 0 N–H and O–H groups in total. The first-order valence-corrected chi connectivity index (χ1v) is 21.6. The molecule has 3 aromatic heterocycles. The number of aromatic nitrogens is 4. The molecule has 5 heterocycles. The van der Waals surface area contributed by atoms with Gasteiger partial charge >= 0.3 is 0 Å². The second-order valence-electron chi connectivity index (χ2n) is 15.2. The lowest BCUT2D eigenvalue weighted by atomic mass is 9.77. The maximum atomic E-state index is 16.9. The Hall–Kier alpha value is -6.31. The van der Waals surface area contributed by atoms with Crippen molar-refractivity contribution in [1.29, 1.82) is 0 Å². The summed E-state index contributed by atoms with van der Waals surface area (Å²) in [5.74, 6) is 1.02. The van der Waals surface area contributed by atoms with Gasteiger partial charge in [-0.25, -0.2) is 14.4 Å². The van der Waals surface area contributed by atoms with Crippen LogP contribution in [0.5, 0.6) is 0 Å². The fraction of sp³-hybridized carbons (Fsp3) is 0.106. The van der Waals surface area contributed by atoms with E-state index in [0.717, 1.165) is 44.8 Å². The maximum Gasteiger partial charge on any atom is 0.150 e. The van der Waals surface area contributed by atoms with Crippen molar-refractivity contribution in [3.63, 3.8) is 0 Å². The quantitative estimate of drug-likeness (QED) is 0.170. The third kappa shape index (κ3) is 4.42. The topological polar surface area (TPSA) is 38.9 Å². The summed E-state index contributed by atoms with van der Waals surface area (Å²) in [5.41, 5.74) is 10.1. The van der Waals surface area contributed by atoms with Crippen LogP contribution < -0.4 is 15.3 Å². The minimum Gasteiger partial charge on any atom is -0.311 e. The highest BCUT2D eigenvalue weighted by Crippen LogP contribution is 2.47. The zero-order chi connectivity index (χ0) is 36.1. The van der Waals surface area contributed by atoms with Gasteiger partial charge in [0.05, 0.1) is 11.2 Å². The van der Waals surface area contributed by atoms with Crippen molar-refractivity contribution in [3.05, 3.63) is 187 Å². The van der Waals surface area contributed by atoms with Crippen LogP contribution in [-0.2, 0) is 0 Å². The molecule has 260 valence electrons. The summed E-state index contributed by atoms with van der Waals surface area (Å²) >= 11 is 0. The number of benzene rings is 5. The van der Waals surface area contributed by atoms with Crippen molar-refractivity contribution < 1.29 is 4.39 Å². The van der Waals surface area contributed by atoms with E-state index < -0.39 is 14.2 Å². The lowest BCUT2D eigenvalue weighted by Crippen LogP contribution is -2.58. The van der Waals surface area contributed by atoms with E-state index in [4.69, 9.17) is 9.97 Å². The summed E-state index contributed by atoms with van der Waals surface area (Å²) in [5, 5.41) is 4.96. The summed E-state index contributed by atoms with van der Waals surface area (Å²) < 4.78 is 21.3. The van der Waals surface area contributed by atoms with Gasteiger partial charge in [0.15, 0.2) is 6.17 Å². The molecule has 3 aliphatic rings. The monoisotopic (exact) mass is 717 g/mol. The van der Waals surface area contributed by atoms with Crippen LogP contribution in [0.25, 0.3) is 33.3 Å². The summed E-state index contributed by atoms with van der Waals surface area (Å²) in [4.78, 5) is 12.1. The molecule has 0 radical (unpaired) electrons. The smallest absolute Gasteiger partial charge is 0.150 e. The number of allylic oxidation sites excluding steroid dienone is 4. The number of hydrogen-bond acceptors (Lipinski definition) is 3. The zero-order valence-electron chi connectivity index (χ0n) is 29.9. The van der Waals surface area contributed by atoms with Crippen molar-refractivity contribution >= 4 is 57.4 Å². The number of imidazole rings is 1. The molecule has 2 aliphatic heterocycles. The summed E-state index contributed by atoms with van der Waals surface area (Å²) in [6, 6.07) is 44.9. The second kappa shape index (κ2) is 11.6. The normalized spacial score (nSPS) is 18.4. The van der Waals surface area contributed by atoms with Crippen molar-refractivity contribution in [2.75, 3.05) is 4.90 Å². The molecule has 7 heteroatoms. The summed E-state index contributed by atoms with van der Waals surface area (Å²) in [7, 11) is -2.16. The minimum absolute atomic E-state index is 0.0443. The van der Waals surface area contributed by atoms with Crippen molar-refractivity contribution in [3.8, 4) is 11.4 Å². The van der Waals surface area contributed by atoms with E-state index >= 15 is 4.39 Å². The Kier molecular flexibility index (Phi) is 6.71. The third-order valence-corrected chi connectivity index (χ3v) is 15.4. The van der Waals surface area contributed by atoms with E-state index in [9.17, 15) is 0 Å². The van der Waals surface area contributed by atoms with Gasteiger partial charge in [0, 0.05) is 63.9 Å². The van der Waals surface area contributed by atoms with E-state index in [-0.39, 0.29) is 11.8 Å². The molecular weight excluding hydrogens is 682 g/mol. The molecule has 11 rings (SSSR count). The van der Waals surface area contributed by atoms with E-state index in [1.165, 1.54) is 27.3 Å². The third-order valence-electron chi connectivity index (χ3n) is 11.9. The molecule has 0 spiro atoms. The molecule has 54 heavy (non-hydrogen) atoms. The predicted molar refractivity (Wildman–Crippen MR) is 220 cm³/mol. The van der Waals surface area contributed by atoms with E-state index in [2.05, 4.69) is 142 Å². The number of rotatable bonds is 4. The lowest BCUT2D eigenvalue weighted by molar-refractivity contribution is 0.396. The molecule has 3 atom stereocenters. The Labute approximate surface area is 314 Å². The Morgan fingerprint density at radius 2 is 1.46 bits per heavy atom. The first-order chi connectivity index (χ1) is 26.5. The number of anilines is 3. The van der Waals surface area contributed by atoms with Crippen LogP contribution in [0.1, 0.15) is 35.0 Å². The van der Waals surface area contributed by atoms with Crippen molar-refractivity contribution in [2.45, 2.75) is 31.1 Å². The van der Waals surface area contributed by atoms with Crippen LogP contribution in [0.2, 0.25) is 13.1 Å². The second-order valence-corrected chi connectivity index (χ2v) is 19.5. The predicted octanol–water partition coefficient (Wildman–Crippen LogP) is 10.4. The van der Waals surface area contributed by atoms with Crippen molar-refractivity contribution in [1.82, 2.24) is 19.1 Å². The van der Waals surface area contributed by atoms with Crippen molar-refractivity contribution in [2.24, 2.45) is 0 Å². The molecule has 0 bridgehead atoms. The molecular formula is C47H36FN5Si. The maximum absolute atomic E-state index is 16.9. The van der Waals surface area contributed by atoms with E-state index in [1.54, 1.807) is 0 Å². The van der Waals surface area contributed by atoms with Gasteiger partial charge in [-0.05, 0) is 87.7 Å². The molecule has 3 unspecified atom stereocenters. The molecule has 5 aromatic carbocycles. The number of pyridine rings is 1. The Morgan fingerprint density at radius 3 is 2.35 bits per heavy atom. The largest absolute Gasteiger partial charge is 0.311 e. The highest BCUT2D eigenvalue weighted by molar-refractivity contribution is 7.02. The van der Waals surface area contributed by atoms with Crippen LogP contribution >= 0.6 is 0 Å². The minimum atomic E-state index is -2.16. The van der Waals surface area contributed by atoms with Gasteiger partial charge in [-0.2, -0.15) is 0 Å². The Morgan fingerprint density at radius 1 is 0.667 bits per heavy atom.